The quantitative estimate of drug-likeness (QED) is 0.301. The first-order valence-electron chi connectivity index (χ1n) is 12.0. The molecule has 4 nitrogen and oxygen atoms in total. The summed E-state index contributed by atoms with van der Waals surface area (Å²) >= 11 is 1.91. The van der Waals surface area contributed by atoms with Crippen molar-refractivity contribution >= 4 is 23.1 Å². The van der Waals surface area contributed by atoms with Crippen LogP contribution in [0.5, 0.6) is 0 Å². The monoisotopic (exact) mass is 463 g/mol. The first kappa shape index (κ1) is 25.3. The first-order chi connectivity index (χ1) is 15.6. The normalized spacial score (nSPS) is 15.7. The van der Waals surface area contributed by atoms with Crippen molar-refractivity contribution in [1.82, 2.24) is 9.97 Å². The minimum Gasteiger partial charge on any atom is -0.327 e. The Labute approximate surface area is 203 Å². The number of rotatable bonds is 10. The molecule has 0 saturated carbocycles. The van der Waals surface area contributed by atoms with E-state index in [2.05, 4.69) is 68.2 Å². The number of nitriles is 1. The number of aromatic amines is 1. The number of aromatic nitrogens is 2. The van der Waals surface area contributed by atoms with Crippen LogP contribution >= 0.6 is 11.8 Å². The molecule has 0 aliphatic heterocycles. The van der Waals surface area contributed by atoms with Crippen molar-refractivity contribution in [3.05, 3.63) is 58.7 Å². The van der Waals surface area contributed by atoms with Crippen LogP contribution in [0.3, 0.4) is 0 Å². The second-order valence-corrected chi connectivity index (χ2v) is 11.6. The fraction of sp³-hybridized carbons (Fsp3) is 0.536. The number of ketones is 1. The number of nitrogens with one attached hydrogen (secondary N) is 1. The van der Waals surface area contributed by atoms with Gasteiger partial charge in [0.15, 0.2) is 5.82 Å². The molecule has 1 aromatic heterocycles. The van der Waals surface area contributed by atoms with Gasteiger partial charge in [0.05, 0.1) is 6.20 Å². The molecule has 1 aliphatic rings. The van der Waals surface area contributed by atoms with E-state index in [1.807, 2.05) is 17.8 Å². The van der Waals surface area contributed by atoms with Crippen LogP contribution in [0.25, 0.3) is 5.57 Å². The third kappa shape index (κ3) is 6.60. The molecular formula is C28H37N3OS. The second kappa shape index (κ2) is 10.7. The zero-order valence-corrected chi connectivity index (χ0v) is 21.6. The van der Waals surface area contributed by atoms with Crippen molar-refractivity contribution in [2.45, 2.75) is 78.1 Å². The molecule has 0 amide bonds. The number of carbonyl (C=O) groups is 1. The number of carbonyl (C=O) groups excluding carboxylic acids is 1. The van der Waals surface area contributed by atoms with E-state index in [-0.39, 0.29) is 23.4 Å². The summed E-state index contributed by atoms with van der Waals surface area (Å²) in [6, 6.07) is 8.69. The van der Waals surface area contributed by atoms with Gasteiger partial charge in [-0.25, -0.2) is 4.98 Å². The topological polar surface area (TPSA) is 69.5 Å². The highest BCUT2D eigenvalue weighted by atomic mass is 32.2. The van der Waals surface area contributed by atoms with Gasteiger partial charge in [-0.15, -0.1) is 0 Å². The minimum absolute atomic E-state index is 0.0847. The smallest absolute Gasteiger partial charge is 0.202 e. The summed E-state index contributed by atoms with van der Waals surface area (Å²) in [6.07, 6.45) is 13.1. The van der Waals surface area contributed by atoms with Gasteiger partial charge in [0, 0.05) is 6.42 Å². The maximum atomic E-state index is 12.9. The van der Waals surface area contributed by atoms with Crippen LogP contribution in [0, 0.1) is 16.7 Å². The minimum atomic E-state index is -0.0847. The number of H-pyrrole nitrogens is 1. The number of hydrogen-bond acceptors (Lipinski definition) is 4. The van der Waals surface area contributed by atoms with Gasteiger partial charge >= 0.3 is 0 Å². The molecule has 0 bridgehead atoms. The second-order valence-electron chi connectivity index (χ2n) is 10.7. The van der Waals surface area contributed by atoms with Crippen LogP contribution in [0.1, 0.15) is 99.2 Å². The van der Waals surface area contributed by atoms with Gasteiger partial charge in [-0.2, -0.15) is 17.0 Å². The Kier molecular flexibility index (Phi) is 8.23. The third-order valence-corrected chi connectivity index (χ3v) is 7.62. The zero-order chi connectivity index (χ0) is 24.1. The van der Waals surface area contributed by atoms with Gasteiger partial charge in [-0.05, 0) is 77.2 Å². The zero-order valence-electron chi connectivity index (χ0n) is 20.8. The summed E-state index contributed by atoms with van der Waals surface area (Å²) in [7, 11) is 0. The molecule has 33 heavy (non-hydrogen) atoms. The molecule has 3 rings (SSSR count). The van der Waals surface area contributed by atoms with E-state index in [0.717, 1.165) is 31.2 Å². The number of unbranched alkanes of at least 4 members (excludes halogenated alkanes) is 1. The summed E-state index contributed by atoms with van der Waals surface area (Å²) in [5.74, 6) is 1.39. The molecule has 0 atom stereocenters. The van der Waals surface area contributed by atoms with Crippen LogP contribution in [0.2, 0.25) is 0 Å². The fourth-order valence-corrected chi connectivity index (χ4v) is 5.00. The summed E-state index contributed by atoms with van der Waals surface area (Å²) < 4.78 is 0. The van der Waals surface area contributed by atoms with Crippen LogP contribution < -0.4 is 0 Å². The largest absolute Gasteiger partial charge is 0.327 e. The first-order valence-corrected chi connectivity index (χ1v) is 13.3. The average molecular weight is 464 g/mol. The molecule has 0 unspecified atom stereocenters. The fourth-order valence-electron chi connectivity index (χ4n) is 4.51. The molecule has 1 heterocycles. The Morgan fingerprint density at radius 2 is 2.09 bits per heavy atom. The molecule has 1 aliphatic carbocycles. The molecule has 176 valence electrons. The summed E-state index contributed by atoms with van der Waals surface area (Å²) in [6.45, 7) is 9.31. The molecule has 0 spiro atoms. The van der Waals surface area contributed by atoms with Crippen LogP contribution in [0.15, 0.2) is 30.5 Å². The van der Waals surface area contributed by atoms with E-state index in [1.165, 1.54) is 41.5 Å². The van der Waals surface area contributed by atoms with Crippen LogP contribution in [0.4, 0.5) is 0 Å². The van der Waals surface area contributed by atoms with Gasteiger partial charge < -0.3 is 4.98 Å². The molecular weight excluding hydrogens is 426 g/mol. The Balaban J connectivity index is 1.91. The number of imidazole rings is 1. The molecule has 1 aromatic carbocycles. The van der Waals surface area contributed by atoms with Crippen molar-refractivity contribution in [2.24, 2.45) is 5.41 Å². The lowest BCUT2D eigenvalue weighted by Crippen LogP contribution is -2.19. The maximum Gasteiger partial charge on any atom is 0.202 e. The van der Waals surface area contributed by atoms with E-state index in [9.17, 15) is 4.79 Å². The van der Waals surface area contributed by atoms with Gasteiger partial charge in [0.1, 0.15) is 11.8 Å². The predicted molar refractivity (Wildman–Crippen MR) is 139 cm³/mol. The van der Waals surface area contributed by atoms with E-state index in [0.29, 0.717) is 11.1 Å². The third-order valence-electron chi connectivity index (χ3n) is 6.92. The summed E-state index contributed by atoms with van der Waals surface area (Å²) in [4.78, 5) is 19.9. The predicted octanol–water partition coefficient (Wildman–Crippen LogP) is 7.11. The highest BCUT2D eigenvalue weighted by Gasteiger charge is 2.26. The SMILES string of the molecule is CSCCCCC(C)(C)c1ccc(CC(=O)c2ncc(C#N)[nH]2)c(C2=CCC(C)(C)CC2)c1. The lowest BCUT2D eigenvalue weighted by Gasteiger charge is -2.31. The highest BCUT2D eigenvalue weighted by Crippen LogP contribution is 2.40. The number of allylic oxidation sites excluding steroid dienone is 2. The average Bonchev–Trinajstić information content (AvgIpc) is 3.27. The number of Topliss-reactive ketones (excluding diaryl/α,β-unsaturated/α-hetero) is 1. The molecule has 2 aromatic rings. The van der Waals surface area contributed by atoms with E-state index in [4.69, 9.17) is 5.26 Å². The van der Waals surface area contributed by atoms with Crippen molar-refractivity contribution < 1.29 is 4.79 Å². The highest BCUT2D eigenvalue weighted by molar-refractivity contribution is 7.98. The number of hydrogen-bond donors (Lipinski definition) is 1. The van der Waals surface area contributed by atoms with E-state index in [1.54, 1.807) is 0 Å². The van der Waals surface area contributed by atoms with Crippen molar-refractivity contribution in [2.75, 3.05) is 12.0 Å². The molecule has 5 heteroatoms. The Morgan fingerprint density at radius 1 is 1.30 bits per heavy atom. The number of nitrogens with zero attached hydrogens (tertiary/aromatic N) is 2. The Bertz CT molecular complexity index is 1060. The van der Waals surface area contributed by atoms with Gasteiger partial charge in [-0.3, -0.25) is 4.79 Å². The van der Waals surface area contributed by atoms with Gasteiger partial charge in [0.25, 0.3) is 0 Å². The standard InChI is InChI=1S/C28H37N3OS/c1-27(2)13-10-20(11-14-27)24-17-22(28(3,4)12-6-7-15-33-5)9-8-21(24)16-25(32)26-30-19-23(18-29)31-26/h8-10,17,19H,6-7,11-16H2,1-5H3,(H,30,31). The van der Waals surface area contributed by atoms with Crippen LogP contribution in [-0.2, 0) is 11.8 Å². The number of benzene rings is 1. The number of thioether (sulfide) groups is 1. The van der Waals surface area contributed by atoms with Crippen molar-refractivity contribution in [3.63, 3.8) is 0 Å². The molecule has 0 radical (unpaired) electrons. The molecule has 0 fully saturated rings. The lowest BCUT2D eigenvalue weighted by atomic mass is 9.74. The Morgan fingerprint density at radius 3 is 2.73 bits per heavy atom. The Hall–Kier alpha value is -2.32. The molecule has 1 N–H and O–H groups in total. The van der Waals surface area contributed by atoms with Gasteiger partial charge in [0.2, 0.25) is 5.78 Å². The van der Waals surface area contributed by atoms with Crippen molar-refractivity contribution in [1.29, 1.82) is 5.26 Å². The lowest BCUT2D eigenvalue weighted by molar-refractivity contribution is 0.0984. The van der Waals surface area contributed by atoms with Crippen LogP contribution in [-0.4, -0.2) is 27.8 Å². The summed E-state index contributed by atoms with van der Waals surface area (Å²) in [5, 5.41) is 9.04. The van der Waals surface area contributed by atoms with E-state index < -0.39 is 0 Å². The summed E-state index contributed by atoms with van der Waals surface area (Å²) in [5.41, 5.74) is 5.68. The van der Waals surface area contributed by atoms with Crippen molar-refractivity contribution in [3.8, 4) is 6.07 Å². The van der Waals surface area contributed by atoms with Gasteiger partial charge in [-0.1, -0.05) is 58.4 Å². The maximum absolute atomic E-state index is 12.9. The van der Waals surface area contributed by atoms with E-state index >= 15 is 0 Å². The molecule has 0 saturated heterocycles.